The molecule has 3 N–H and O–H groups in total. The summed E-state index contributed by atoms with van der Waals surface area (Å²) in [6, 6.07) is 3.82. The predicted octanol–water partition coefficient (Wildman–Crippen LogP) is 0.770. The van der Waals surface area contributed by atoms with Crippen LogP contribution in [-0.2, 0) is 4.79 Å². The number of hydrogen-bond acceptors (Lipinski definition) is 4. The second kappa shape index (κ2) is 4.15. The third-order valence-corrected chi connectivity index (χ3v) is 4.19. The van der Waals surface area contributed by atoms with Crippen LogP contribution in [-0.4, -0.2) is 30.5 Å². The molecule has 0 aliphatic carbocycles. The lowest BCUT2D eigenvalue weighted by Gasteiger charge is -2.37. The van der Waals surface area contributed by atoms with E-state index >= 15 is 0 Å². The van der Waals surface area contributed by atoms with Gasteiger partial charge in [0.2, 0.25) is 5.91 Å². The number of nitrogens with one attached hydrogen (secondary N) is 1. The molecule has 5 heteroatoms. The molecule has 2 aliphatic rings. The van der Waals surface area contributed by atoms with E-state index in [4.69, 9.17) is 5.73 Å². The number of carbonyl (C=O) groups excluding carboxylic acids is 1. The molecule has 96 valence electrons. The summed E-state index contributed by atoms with van der Waals surface area (Å²) in [4.78, 5) is 18.4. The zero-order chi connectivity index (χ0) is 12.6. The highest BCUT2D eigenvalue weighted by Crippen LogP contribution is 2.38. The summed E-state index contributed by atoms with van der Waals surface area (Å²) in [5.74, 6) is 1.20. The lowest BCUT2D eigenvalue weighted by Crippen LogP contribution is -2.44. The Kier molecular flexibility index (Phi) is 2.61. The van der Waals surface area contributed by atoms with Gasteiger partial charge >= 0.3 is 0 Å². The number of aromatic nitrogens is 1. The van der Waals surface area contributed by atoms with Gasteiger partial charge in [0.1, 0.15) is 5.82 Å². The fourth-order valence-corrected chi connectivity index (χ4v) is 2.94. The van der Waals surface area contributed by atoms with Gasteiger partial charge in [-0.25, -0.2) is 4.98 Å². The second-order valence-electron chi connectivity index (χ2n) is 5.22. The Morgan fingerprint density at radius 3 is 2.61 bits per heavy atom. The van der Waals surface area contributed by atoms with Crippen LogP contribution in [0.4, 0.5) is 11.5 Å². The first-order valence-corrected chi connectivity index (χ1v) is 6.44. The number of nitrogens with zero attached hydrogens (tertiary/aromatic N) is 2. The van der Waals surface area contributed by atoms with E-state index in [-0.39, 0.29) is 11.3 Å². The molecule has 0 aromatic carbocycles. The lowest BCUT2D eigenvalue weighted by atomic mass is 9.77. The highest BCUT2D eigenvalue weighted by atomic mass is 16.2. The van der Waals surface area contributed by atoms with Gasteiger partial charge in [-0.15, -0.1) is 0 Å². The van der Waals surface area contributed by atoms with E-state index < -0.39 is 0 Å². The summed E-state index contributed by atoms with van der Waals surface area (Å²) in [5.41, 5.74) is 6.21. The summed E-state index contributed by atoms with van der Waals surface area (Å²) in [6.45, 7) is 2.62. The normalized spacial score (nSPS) is 22.2. The van der Waals surface area contributed by atoms with Crippen molar-refractivity contribution in [3.8, 4) is 0 Å². The average Bonchev–Trinajstić information content (AvgIpc) is 2.73. The van der Waals surface area contributed by atoms with Crippen molar-refractivity contribution >= 4 is 17.4 Å². The molecule has 3 heterocycles. The molecule has 3 rings (SSSR count). The van der Waals surface area contributed by atoms with Gasteiger partial charge < -0.3 is 16.0 Å². The summed E-state index contributed by atoms with van der Waals surface area (Å²) < 4.78 is 0. The number of nitrogens with two attached hydrogens (primary N) is 1. The minimum Gasteiger partial charge on any atom is -0.397 e. The van der Waals surface area contributed by atoms with Crippen LogP contribution in [0.2, 0.25) is 0 Å². The van der Waals surface area contributed by atoms with Crippen molar-refractivity contribution in [2.45, 2.75) is 19.3 Å². The van der Waals surface area contributed by atoms with Gasteiger partial charge in [-0.1, -0.05) is 0 Å². The van der Waals surface area contributed by atoms with Gasteiger partial charge in [0.05, 0.1) is 17.3 Å². The molecule has 0 bridgehead atoms. The summed E-state index contributed by atoms with van der Waals surface area (Å²) in [6.07, 6.45) is 4.51. The monoisotopic (exact) mass is 246 g/mol. The molecule has 2 aliphatic heterocycles. The van der Waals surface area contributed by atoms with Gasteiger partial charge in [-0.2, -0.15) is 0 Å². The Bertz CT molecular complexity index is 449. The fraction of sp³-hybridized carbons (Fsp3) is 0.538. The van der Waals surface area contributed by atoms with Gasteiger partial charge in [0.15, 0.2) is 0 Å². The Morgan fingerprint density at radius 1 is 1.28 bits per heavy atom. The Morgan fingerprint density at radius 2 is 2.06 bits per heavy atom. The molecule has 5 nitrogen and oxygen atoms in total. The van der Waals surface area contributed by atoms with Crippen LogP contribution in [0.15, 0.2) is 18.3 Å². The fourth-order valence-electron chi connectivity index (χ4n) is 2.94. The van der Waals surface area contributed by atoms with Gasteiger partial charge in [0.25, 0.3) is 0 Å². The largest absolute Gasteiger partial charge is 0.397 e. The second-order valence-corrected chi connectivity index (χ2v) is 5.22. The highest BCUT2D eigenvalue weighted by Gasteiger charge is 2.44. The topological polar surface area (TPSA) is 71.2 Å². The zero-order valence-electron chi connectivity index (χ0n) is 10.4. The van der Waals surface area contributed by atoms with Crippen molar-refractivity contribution in [1.82, 2.24) is 10.3 Å². The minimum atomic E-state index is -0.107. The molecule has 1 spiro atoms. The van der Waals surface area contributed by atoms with Gasteiger partial charge in [0, 0.05) is 19.6 Å². The number of pyridine rings is 1. The molecule has 2 saturated heterocycles. The van der Waals surface area contributed by atoms with E-state index in [0.29, 0.717) is 5.69 Å². The predicted molar refractivity (Wildman–Crippen MR) is 70.2 cm³/mol. The maximum absolute atomic E-state index is 11.9. The Hall–Kier alpha value is -1.78. The number of nitrogen functional groups attached to an aromatic ring is 1. The molecule has 1 aromatic rings. The molecular weight excluding hydrogens is 228 g/mol. The number of carbonyl (C=O) groups is 1. The molecule has 0 radical (unpaired) electrons. The lowest BCUT2D eigenvalue weighted by molar-refractivity contribution is -0.128. The summed E-state index contributed by atoms with van der Waals surface area (Å²) in [7, 11) is 0. The van der Waals surface area contributed by atoms with Crippen LogP contribution in [0.25, 0.3) is 0 Å². The van der Waals surface area contributed by atoms with Gasteiger partial charge in [-0.05, 0) is 31.4 Å². The van der Waals surface area contributed by atoms with E-state index in [0.717, 1.165) is 44.7 Å². The van der Waals surface area contributed by atoms with Crippen molar-refractivity contribution < 1.29 is 4.79 Å². The van der Waals surface area contributed by atoms with Crippen molar-refractivity contribution in [2.75, 3.05) is 30.3 Å². The zero-order valence-corrected chi connectivity index (χ0v) is 10.4. The Labute approximate surface area is 106 Å². The number of anilines is 2. The highest BCUT2D eigenvalue weighted by molar-refractivity contribution is 5.85. The standard InChI is InChI=1S/C13H18N4O/c14-10-1-2-11(16-9-10)17-7-4-13(5-8-17)3-6-15-12(13)18/h1-2,9H,3-8,14H2,(H,15,18). The SMILES string of the molecule is Nc1ccc(N2CCC3(CCNC3=O)CC2)nc1. The number of rotatable bonds is 1. The van der Waals surface area contributed by atoms with E-state index in [1.54, 1.807) is 6.20 Å². The maximum atomic E-state index is 11.9. The molecule has 1 amide bonds. The van der Waals surface area contributed by atoms with E-state index in [2.05, 4.69) is 15.2 Å². The number of hydrogen-bond donors (Lipinski definition) is 2. The summed E-state index contributed by atoms with van der Waals surface area (Å²) >= 11 is 0. The average molecular weight is 246 g/mol. The number of piperidine rings is 1. The summed E-state index contributed by atoms with van der Waals surface area (Å²) in [5, 5.41) is 2.95. The first kappa shape index (κ1) is 11.3. The van der Waals surface area contributed by atoms with Crippen LogP contribution < -0.4 is 16.0 Å². The molecule has 18 heavy (non-hydrogen) atoms. The van der Waals surface area contributed by atoms with Crippen LogP contribution in [0.3, 0.4) is 0 Å². The number of amides is 1. The van der Waals surface area contributed by atoms with Crippen molar-refractivity contribution in [1.29, 1.82) is 0 Å². The smallest absolute Gasteiger partial charge is 0.226 e. The maximum Gasteiger partial charge on any atom is 0.226 e. The molecule has 1 aromatic heterocycles. The van der Waals surface area contributed by atoms with Crippen LogP contribution >= 0.6 is 0 Å². The van der Waals surface area contributed by atoms with E-state index in [9.17, 15) is 4.79 Å². The van der Waals surface area contributed by atoms with Crippen LogP contribution in [0.5, 0.6) is 0 Å². The molecule has 0 unspecified atom stereocenters. The molecule has 0 atom stereocenters. The third-order valence-electron chi connectivity index (χ3n) is 4.19. The Balaban J connectivity index is 1.70. The van der Waals surface area contributed by atoms with Crippen LogP contribution in [0, 0.1) is 5.41 Å². The quantitative estimate of drug-likeness (QED) is 0.768. The van der Waals surface area contributed by atoms with Gasteiger partial charge in [-0.3, -0.25) is 4.79 Å². The van der Waals surface area contributed by atoms with E-state index in [1.165, 1.54) is 0 Å². The molecule has 2 fully saturated rings. The molecule has 0 saturated carbocycles. The molecular formula is C13H18N4O. The first-order chi connectivity index (χ1) is 8.70. The van der Waals surface area contributed by atoms with Crippen molar-refractivity contribution in [2.24, 2.45) is 5.41 Å². The minimum absolute atomic E-state index is 0.107. The van der Waals surface area contributed by atoms with Crippen LogP contribution in [0.1, 0.15) is 19.3 Å². The van der Waals surface area contributed by atoms with Crippen molar-refractivity contribution in [3.05, 3.63) is 18.3 Å². The van der Waals surface area contributed by atoms with Crippen molar-refractivity contribution in [3.63, 3.8) is 0 Å². The van der Waals surface area contributed by atoms with E-state index in [1.807, 2.05) is 12.1 Å². The third kappa shape index (κ3) is 1.79. The first-order valence-electron chi connectivity index (χ1n) is 6.44.